The maximum Gasteiger partial charge on any atom is 0.361 e. The van der Waals surface area contributed by atoms with Gasteiger partial charge in [0.05, 0.1) is 4.47 Å². The third kappa shape index (κ3) is 3.34. The number of nitrogens with zero attached hydrogens (tertiary/aromatic N) is 3. The van der Waals surface area contributed by atoms with Gasteiger partial charge in [-0.15, -0.1) is 0 Å². The number of rotatable bonds is 4. The number of ether oxygens (including phenoxy) is 1. The summed E-state index contributed by atoms with van der Waals surface area (Å²) in [6.07, 6.45) is 0.601. The van der Waals surface area contributed by atoms with Crippen LogP contribution in [-0.4, -0.2) is 21.9 Å². The second-order valence-corrected chi connectivity index (χ2v) is 5.77. The van der Waals surface area contributed by atoms with E-state index >= 15 is 0 Å². The zero-order valence-corrected chi connectivity index (χ0v) is 13.5. The molecule has 7 heteroatoms. The van der Waals surface area contributed by atoms with Gasteiger partial charge < -0.3 is 4.74 Å². The zero-order chi connectivity index (χ0) is 16.3. The van der Waals surface area contributed by atoms with Crippen LogP contribution in [0.3, 0.4) is 0 Å². The fourth-order valence-electron chi connectivity index (χ4n) is 1.73. The number of benzene rings is 1. The molecule has 0 aliphatic rings. The van der Waals surface area contributed by atoms with Gasteiger partial charge in [0.1, 0.15) is 17.6 Å². The van der Waals surface area contributed by atoms with Gasteiger partial charge in [-0.25, -0.2) is 13.9 Å². The molecule has 1 atom stereocenters. The van der Waals surface area contributed by atoms with Crippen LogP contribution in [0.4, 0.5) is 4.39 Å². The molecule has 0 amide bonds. The zero-order valence-electron chi connectivity index (χ0n) is 12.0. The van der Waals surface area contributed by atoms with E-state index in [9.17, 15) is 9.18 Å². The molecule has 0 saturated carbocycles. The Morgan fingerprint density at radius 3 is 2.73 bits per heavy atom. The van der Waals surface area contributed by atoms with Crippen LogP contribution in [-0.2, 0) is 4.74 Å². The lowest BCUT2D eigenvalue weighted by Gasteiger charge is -2.13. The van der Waals surface area contributed by atoms with Crippen LogP contribution in [0.1, 0.15) is 24.3 Å². The molecule has 5 nitrogen and oxygen atoms in total. The van der Waals surface area contributed by atoms with E-state index in [1.54, 1.807) is 26.0 Å². The molecule has 114 valence electrons. The number of aromatic nitrogens is 2. The summed E-state index contributed by atoms with van der Waals surface area (Å²) in [5.41, 5.74) is 0.201. The highest BCUT2D eigenvalue weighted by Crippen LogP contribution is 2.21. The fourth-order valence-corrected chi connectivity index (χ4v) is 2.17. The predicted octanol–water partition coefficient (Wildman–Crippen LogP) is 3.48. The molecule has 1 heterocycles. The Hall–Kier alpha value is -2.20. The summed E-state index contributed by atoms with van der Waals surface area (Å²) < 4.78 is 20.5. The Kier molecular flexibility index (Phi) is 4.93. The van der Waals surface area contributed by atoms with E-state index < -0.39 is 17.9 Å². The largest absolute Gasteiger partial charge is 0.442 e. The molecular weight excluding hydrogens is 353 g/mol. The number of hydrogen-bond acceptors (Lipinski definition) is 4. The van der Waals surface area contributed by atoms with Gasteiger partial charge in [0.25, 0.3) is 0 Å². The van der Waals surface area contributed by atoms with Crippen LogP contribution in [0, 0.1) is 23.1 Å². The lowest BCUT2D eigenvalue weighted by atomic mass is 10.1. The highest BCUT2D eigenvalue weighted by Gasteiger charge is 2.23. The summed E-state index contributed by atoms with van der Waals surface area (Å²) in [6, 6.07) is 7.98. The minimum atomic E-state index is -0.863. The first-order chi connectivity index (χ1) is 10.4. The second-order valence-electron chi connectivity index (χ2n) is 4.92. The van der Waals surface area contributed by atoms with Crippen molar-refractivity contribution in [2.24, 2.45) is 5.92 Å². The molecule has 1 aromatic carbocycles. The summed E-state index contributed by atoms with van der Waals surface area (Å²) in [5.74, 6) is -1.34. The molecular formula is C15H13BrFN3O2. The van der Waals surface area contributed by atoms with Crippen LogP contribution in [0.2, 0.25) is 0 Å². The van der Waals surface area contributed by atoms with Crippen molar-refractivity contribution in [1.82, 2.24) is 9.78 Å². The van der Waals surface area contributed by atoms with Crippen molar-refractivity contribution >= 4 is 21.9 Å². The molecule has 0 aliphatic carbocycles. The number of carbonyl (C=O) groups is 1. The van der Waals surface area contributed by atoms with E-state index in [4.69, 9.17) is 10.00 Å². The van der Waals surface area contributed by atoms with Crippen LogP contribution in [0.5, 0.6) is 0 Å². The third-order valence-electron chi connectivity index (χ3n) is 2.93. The monoisotopic (exact) mass is 365 g/mol. The summed E-state index contributed by atoms with van der Waals surface area (Å²) in [5, 5.41) is 13.0. The average Bonchev–Trinajstić information content (AvgIpc) is 2.86. The Balaban J connectivity index is 2.29. The van der Waals surface area contributed by atoms with Crippen molar-refractivity contribution in [3.8, 4) is 11.8 Å². The summed E-state index contributed by atoms with van der Waals surface area (Å²) >= 11 is 3.20. The number of esters is 1. The molecule has 0 bridgehead atoms. The van der Waals surface area contributed by atoms with E-state index in [0.717, 1.165) is 0 Å². The van der Waals surface area contributed by atoms with Gasteiger partial charge in [-0.3, -0.25) is 0 Å². The van der Waals surface area contributed by atoms with Gasteiger partial charge in [-0.1, -0.05) is 26.0 Å². The Morgan fingerprint density at radius 1 is 1.45 bits per heavy atom. The lowest BCUT2D eigenvalue weighted by Crippen LogP contribution is -2.22. The molecule has 2 aromatic rings. The second kappa shape index (κ2) is 6.71. The standard InChI is InChI=1S/C15H13BrFN3O2/c1-9(2)13(7-18)22-15(21)14-10(16)8-20(19-14)12-6-4-3-5-11(12)17/h3-6,8-9,13H,1-2H3/t13-/m1/s1. The van der Waals surface area contributed by atoms with Crippen LogP contribution < -0.4 is 0 Å². The molecule has 0 spiro atoms. The number of nitriles is 1. The van der Waals surface area contributed by atoms with Gasteiger partial charge in [0.15, 0.2) is 11.8 Å². The number of carbonyl (C=O) groups excluding carboxylic acids is 1. The Bertz CT molecular complexity index is 737. The fraction of sp³-hybridized carbons (Fsp3) is 0.267. The highest BCUT2D eigenvalue weighted by atomic mass is 79.9. The third-order valence-corrected chi connectivity index (χ3v) is 3.51. The molecule has 0 saturated heterocycles. The normalized spacial score (nSPS) is 12.0. The van der Waals surface area contributed by atoms with Crippen LogP contribution >= 0.6 is 15.9 Å². The number of halogens is 2. The first-order valence-corrected chi connectivity index (χ1v) is 7.34. The van der Waals surface area contributed by atoms with E-state index in [1.807, 2.05) is 6.07 Å². The van der Waals surface area contributed by atoms with Crippen molar-refractivity contribution in [3.05, 3.63) is 46.4 Å². The molecule has 0 unspecified atom stereocenters. The van der Waals surface area contributed by atoms with Crippen LogP contribution in [0.25, 0.3) is 5.69 Å². The summed E-state index contributed by atoms with van der Waals surface area (Å²) in [7, 11) is 0. The Labute approximate surface area is 135 Å². The van der Waals surface area contributed by atoms with Gasteiger partial charge >= 0.3 is 5.97 Å². The van der Waals surface area contributed by atoms with E-state index in [-0.39, 0.29) is 17.3 Å². The van der Waals surface area contributed by atoms with E-state index in [0.29, 0.717) is 4.47 Å². The molecule has 0 fully saturated rings. The first-order valence-electron chi connectivity index (χ1n) is 6.54. The maximum atomic E-state index is 13.8. The molecule has 0 aliphatic heterocycles. The number of para-hydroxylation sites is 1. The van der Waals surface area contributed by atoms with Crippen molar-refractivity contribution < 1.29 is 13.9 Å². The predicted molar refractivity (Wildman–Crippen MR) is 80.9 cm³/mol. The quantitative estimate of drug-likeness (QED) is 0.777. The van der Waals surface area contributed by atoms with Gasteiger partial charge in [-0.2, -0.15) is 10.4 Å². The van der Waals surface area contributed by atoms with Crippen molar-refractivity contribution in [1.29, 1.82) is 5.26 Å². The number of hydrogen-bond donors (Lipinski definition) is 0. The van der Waals surface area contributed by atoms with Gasteiger partial charge in [0, 0.05) is 12.1 Å². The van der Waals surface area contributed by atoms with Crippen LogP contribution in [0.15, 0.2) is 34.9 Å². The van der Waals surface area contributed by atoms with E-state index in [1.165, 1.54) is 23.0 Å². The molecule has 0 radical (unpaired) electrons. The van der Waals surface area contributed by atoms with Crippen molar-refractivity contribution in [2.75, 3.05) is 0 Å². The van der Waals surface area contributed by atoms with Gasteiger partial charge in [0.2, 0.25) is 0 Å². The Morgan fingerprint density at radius 2 is 2.14 bits per heavy atom. The van der Waals surface area contributed by atoms with E-state index in [2.05, 4.69) is 21.0 Å². The first kappa shape index (κ1) is 16.2. The minimum Gasteiger partial charge on any atom is -0.442 e. The van der Waals surface area contributed by atoms with Gasteiger partial charge in [-0.05, 0) is 28.1 Å². The van der Waals surface area contributed by atoms with Crippen molar-refractivity contribution in [3.63, 3.8) is 0 Å². The molecule has 2 rings (SSSR count). The topological polar surface area (TPSA) is 67.9 Å². The molecule has 22 heavy (non-hydrogen) atoms. The minimum absolute atomic E-state index is 0.0100. The summed E-state index contributed by atoms with van der Waals surface area (Å²) in [6.45, 7) is 3.54. The maximum absolute atomic E-state index is 13.8. The highest BCUT2D eigenvalue weighted by molar-refractivity contribution is 9.10. The smallest absolute Gasteiger partial charge is 0.361 e. The SMILES string of the molecule is CC(C)[C@@H](C#N)OC(=O)c1nn(-c2ccccc2F)cc1Br. The molecule has 1 aromatic heterocycles. The molecule has 0 N–H and O–H groups in total. The lowest BCUT2D eigenvalue weighted by molar-refractivity contribution is 0.0316. The van der Waals surface area contributed by atoms with Crippen molar-refractivity contribution in [2.45, 2.75) is 20.0 Å². The average molecular weight is 366 g/mol. The summed E-state index contributed by atoms with van der Waals surface area (Å²) in [4.78, 5) is 12.1.